The van der Waals surface area contributed by atoms with Gasteiger partial charge in [0.05, 0.1) is 0 Å². The number of anilines is 1. The Morgan fingerprint density at radius 1 is 1.16 bits per heavy atom. The summed E-state index contributed by atoms with van der Waals surface area (Å²) in [5.41, 5.74) is 1.25. The van der Waals surface area contributed by atoms with Crippen molar-refractivity contribution in [1.29, 1.82) is 0 Å². The lowest BCUT2D eigenvalue weighted by molar-refractivity contribution is 0.625. The van der Waals surface area contributed by atoms with E-state index in [0.717, 1.165) is 12.3 Å². The summed E-state index contributed by atoms with van der Waals surface area (Å²) in [6, 6.07) is 11.2. The highest BCUT2D eigenvalue weighted by molar-refractivity contribution is 7.99. The van der Waals surface area contributed by atoms with Gasteiger partial charge in [-0.25, -0.2) is 0 Å². The number of allylic oxidation sites excluding steroid dienone is 1. The minimum Gasteiger partial charge on any atom is -0.381 e. The number of para-hydroxylation sites is 1. The van der Waals surface area contributed by atoms with Gasteiger partial charge in [0.15, 0.2) is 0 Å². The maximum atomic E-state index is 3.70. The van der Waals surface area contributed by atoms with Crippen LogP contribution in [-0.4, -0.2) is 17.0 Å². The highest BCUT2D eigenvalue weighted by Crippen LogP contribution is 2.28. The molecule has 0 spiro atoms. The van der Waals surface area contributed by atoms with Crippen molar-refractivity contribution in [2.45, 2.75) is 44.4 Å². The Bertz CT molecular complexity index is 386. The fraction of sp³-hybridized carbons (Fsp3) is 0.529. The van der Waals surface area contributed by atoms with Crippen LogP contribution in [0.2, 0.25) is 0 Å². The third kappa shape index (κ3) is 4.94. The van der Waals surface area contributed by atoms with Crippen molar-refractivity contribution in [2.75, 3.05) is 11.1 Å². The van der Waals surface area contributed by atoms with Crippen LogP contribution in [0.15, 0.2) is 42.5 Å². The molecule has 0 bridgehead atoms. The first-order valence-electron chi connectivity index (χ1n) is 7.34. The number of hydrogen-bond donors (Lipinski definition) is 1. The van der Waals surface area contributed by atoms with Crippen molar-refractivity contribution < 1.29 is 0 Å². The summed E-state index contributed by atoms with van der Waals surface area (Å²) in [4.78, 5) is 0. The molecule has 0 heterocycles. The van der Waals surface area contributed by atoms with Gasteiger partial charge in [0, 0.05) is 17.0 Å². The van der Waals surface area contributed by atoms with Gasteiger partial charge in [0.2, 0.25) is 0 Å². The van der Waals surface area contributed by atoms with Crippen LogP contribution >= 0.6 is 11.8 Å². The summed E-state index contributed by atoms with van der Waals surface area (Å²) < 4.78 is 0. The zero-order chi connectivity index (χ0) is 13.5. The van der Waals surface area contributed by atoms with Crippen LogP contribution in [0.5, 0.6) is 0 Å². The molecule has 2 heteroatoms. The van der Waals surface area contributed by atoms with Crippen LogP contribution in [0, 0.1) is 5.92 Å². The van der Waals surface area contributed by atoms with E-state index in [4.69, 9.17) is 0 Å². The van der Waals surface area contributed by atoms with Crippen LogP contribution in [0.4, 0.5) is 5.69 Å². The van der Waals surface area contributed by atoms with E-state index in [-0.39, 0.29) is 0 Å². The molecule has 0 saturated heterocycles. The first-order chi connectivity index (χ1) is 9.25. The zero-order valence-corrected chi connectivity index (χ0v) is 12.8. The molecule has 1 aliphatic carbocycles. The van der Waals surface area contributed by atoms with Crippen molar-refractivity contribution in [3.05, 3.63) is 42.5 Å². The van der Waals surface area contributed by atoms with E-state index < -0.39 is 0 Å². The quantitative estimate of drug-likeness (QED) is 0.736. The largest absolute Gasteiger partial charge is 0.381 e. The fourth-order valence-electron chi connectivity index (χ4n) is 2.33. The summed E-state index contributed by atoms with van der Waals surface area (Å²) in [6.07, 6.45) is 8.33. The topological polar surface area (TPSA) is 12.0 Å². The molecule has 104 valence electrons. The van der Waals surface area contributed by atoms with Crippen LogP contribution in [-0.2, 0) is 0 Å². The Morgan fingerprint density at radius 2 is 1.89 bits per heavy atom. The zero-order valence-electron chi connectivity index (χ0n) is 12.0. The van der Waals surface area contributed by atoms with Crippen LogP contribution in [0.25, 0.3) is 0 Å². The average Bonchev–Trinajstić information content (AvgIpc) is 2.41. The Balaban J connectivity index is 1.87. The molecular formula is C17H25NS. The SMILES string of the molecule is CC(C)CCS[C@@H]1CC=CC[C@H]1Nc1ccccc1. The van der Waals surface area contributed by atoms with E-state index in [2.05, 4.69) is 73.4 Å². The van der Waals surface area contributed by atoms with Crippen LogP contribution in [0.3, 0.4) is 0 Å². The predicted molar refractivity (Wildman–Crippen MR) is 87.9 cm³/mol. The second kappa shape index (κ2) is 7.64. The van der Waals surface area contributed by atoms with Gasteiger partial charge in [-0.2, -0.15) is 11.8 Å². The van der Waals surface area contributed by atoms with Gasteiger partial charge in [0.25, 0.3) is 0 Å². The van der Waals surface area contributed by atoms with E-state index in [1.54, 1.807) is 0 Å². The number of nitrogens with one attached hydrogen (secondary N) is 1. The second-order valence-corrected chi connectivity index (χ2v) is 7.00. The third-order valence-electron chi connectivity index (χ3n) is 3.53. The highest BCUT2D eigenvalue weighted by Gasteiger charge is 2.22. The summed E-state index contributed by atoms with van der Waals surface area (Å²) in [5.74, 6) is 2.09. The summed E-state index contributed by atoms with van der Waals surface area (Å²) >= 11 is 2.14. The fourth-order valence-corrected chi connectivity index (χ4v) is 3.90. The van der Waals surface area contributed by atoms with Gasteiger partial charge in [-0.05, 0) is 43.1 Å². The average molecular weight is 275 g/mol. The highest BCUT2D eigenvalue weighted by atomic mass is 32.2. The van der Waals surface area contributed by atoms with Gasteiger partial charge in [-0.1, -0.05) is 44.2 Å². The predicted octanol–water partition coefficient (Wildman–Crippen LogP) is 4.97. The molecule has 2 rings (SSSR count). The second-order valence-electron chi connectivity index (χ2n) is 5.65. The van der Waals surface area contributed by atoms with E-state index >= 15 is 0 Å². The van der Waals surface area contributed by atoms with Crippen LogP contribution < -0.4 is 5.32 Å². The number of rotatable bonds is 6. The summed E-state index contributed by atoms with van der Waals surface area (Å²) in [6.45, 7) is 4.61. The molecule has 0 radical (unpaired) electrons. The molecule has 0 aromatic heterocycles. The van der Waals surface area contributed by atoms with Crippen molar-refractivity contribution in [2.24, 2.45) is 5.92 Å². The molecule has 1 aromatic rings. The molecular weight excluding hydrogens is 250 g/mol. The van der Waals surface area contributed by atoms with Crippen molar-refractivity contribution in [1.82, 2.24) is 0 Å². The van der Waals surface area contributed by atoms with E-state index in [1.165, 1.54) is 24.3 Å². The lowest BCUT2D eigenvalue weighted by atomic mass is 10.0. The Morgan fingerprint density at radius 3 is 2.63 bits per heavy atom. The molecule has 0 unspecified atom stereocenters. The van der Waals surface area contributed by atoms with Crippen LogP contribution in [0.1, 0.15) is 33.1 Å². The number of thioether (sulfide) groups is 1. The lowest BCUT2D eigenvalue weighted by Gasteiger charge is -2.30. The number of benzene rings is 1. The summed E-state index contributed by atoms with van der Waals surface area (Å²) in [7, 11) is 0. The third-order valence-corrected chi connectivity index (χ3v) is 4.95. The van der Waals surface area contributed by atoms with E-state index in [9.17, 15) is 0 Å². The molecule has 0 fully saturated rings. The molecule has 1 N–H and O–H groups in total. The minimum absolute atomic E-state index is 0.574. The Labute approximate surface area is 121 Å². The molecule has 1 aliphatic rings. The van der Waals surface area contributed by atoms with Crippen molar-refractivity contribution >= 4 is 17.4 Å². The molecule has 19 heavy (non-hydrogen) atoms. The van der Waals surface area contributed by atoms with Gasteiger partial charge in [-0.3, -0.25) is 0 Å². The number of hydrogen-bond acceptors (Lipinski definition) is 2. The Hall–Kier alpha value is -0.890. The molecule has 0 aliphatic heterocycles. The molecule has 1 aromatic carbocycles. The van der Waals surface area contributed by atoms with Crippen molar-refractivity contribution in [3.8, 4) is 0 Å². The first-order valence-corrected chi connectivity index (χ1v) is 8.39. The standard InChI is InChI=1S/C17H25NS/c1-14(2)12-13-19-17-11-7-6-10-16(17)18-15-8-4-3-5-9-15/h3-9,14,16-18H,10-13H2,1-2H3/t16-,17-/m1/s1. The molecule has 1 nitrogen and oxygen atoms in total. The molecule has 2 atom stereocenters. The smallest absolute Gasteiger partial charge is 0.0417 e. The van der Waals surface area contributed by atoms with Gasteiger partial charge in [-0.15, -0.1) is 0 Å². The Kier molecular flexibility index (Phi) is 5.84. The van der Waals surface area contributed by atoms with Gasteiger partial charge < -0.3 is 5.32 Å². The normalized spacial score (nSPS) is 22.7. The lowest BCUT2D eigenvalue weighted by Crippen LogP contribution is -2.33. The summed E-state index contributed by atoms with van der Waals surface area (Å²) in [5, 5.41) is 4.41. The molecule has 0 amide bonds. The monoisotopic (exact) mass is 275 g/mol. The van der Waals surface area contributed by atoms with E-state index in [0.29, 0.717) is 11.3 Å². The van der Waals surface area contributed by atoms with E-state index in [1.807, 2.05) is 0 Å². The minimum atomic E-state index is 0.574. The first kappa shape index (κ1) is 14.5. The van der Waals surface area contributed by atoms with Crippen molar-refractivity contribution in [3.63, 3.8) is 0 Å². The maximum absolute atomic E-state index is 3.70. The van der Waals surface area contributed by atoms with Gasteiger partial charge >= 0.3 is 0 Å². The van der Waals surface area contributed by atoms with Gasteiger partial charge in [0.1, 0.15) is 0 Å². The molecule has 0 saturated carbocycles. The maximum Gasteiger partial charge on any atom is 0.0417 e.